The summed E-state index contributed by atoms with van der Waals surface area (Å²) in [5.41, 5.74) is 2.35. The first kappa shape index (κ1) is 25.1. The Morgan fingerprint density at radius 2 is 1.68 bits per heavy atom. The first-order chi connectivity index (χ1) is 18.0. The topological polar surface area (TPSA) is 83.4 Å². The van der Waals surface area contributed by atoms with Crippen molar-refractivity contribution >= 4 is 11.8 Å². The maximum atomic E-state index is 12.9. The average Bonchev–Trinajstić information content (AvgIpc) is 3.35. The highest BCUT2D eigenvalue weighted by molar-refractivity contribution is 5.83. The zero-order chi connectivity index (χ0) is 25.6. The van der Waals surface area contributed by atoms with Crippen LogP contribution in [0.15, 0.2) is 67.0 Å². The fraction of sp³-hybridized carbons (Fsp3) is 0.448. The summed E-state index contributed by atoms with van der Waals surface area (Å²) in [6.07, 6.45) is 5.58. The number of carbonyl (C=O) groups excluding carboxylic acids is 2. The van der Waals surface area contributed by atoms with E-state index in [9.17, 15) is 9.59 Å². The third-order valence-electron chi connectivity index (χ3n) is 7.64. The summed E-state index contributed by atoms with van der Waals surface area (Å²) in [6, 6.07) is 20.9. The van der Waals surface area contributed by atoms with Crippen LogP contribution < -0.4 is 5.32 Å². The second kappa shape index (κ2) is 11.7. The predicted molar refractivity (Wildman–Crippen MR) is 142 cm³/mol. The van der Waals surface area contributed by atoms with Crippen LogP contribution in [0, 0.1) is 5.92 Å². The van der Waals surface area contributed by atoms with Crippen LogP contribution in [0.4, 0.5) is 0 Å². The van der Waals surface area contributed by atoms with Crippen LogP contribution in [0.3, 0.4) is 0 Å². The minimum atomic E-state index is -0.111. The van der Waals surface area contributed by atoms with E-state index in [4.69, 9.17) is 5.10 Å². The Morgan fingerprint density at radius 3 is 2.35 bits per heavy atom. The fourth-order valence-corrected chi connectivity index (χ4v) is 5.26. The molecule has 5 rings (SSSR count). The molecular weight excluding hydrogens is 464 g/mol. The maximum Gasteiger partial charge on any atom is 0.227 e. The van der Waals surface area contributed by atoms with E-state index in [1.807, 2.05) is 47.4 Å². The maximum absolute atomic E-state index is 12.9. The molecule has 2 fully saturated rings. The van der Waals surface area contributed by atoms with Gasteiger partial charge in [-0.2, -0.15) is 5.10 Å². The summed E-state index contributed by atoms with van der Waals surface area (Å²) in [6.45, 7) is 5.52. The highest BCUT2D eigenvalue weighted by Gasteiger charge is 2.35. The van der Waals surface area contributed by atoms with Crippen LogP contribution in [0.5, 0.6) is 0 Å². The number of hydrogen-bond donors (Lipinski definition) is 1. The number of nitrogens with one attached hydrogen (secondary N) is 1. The molecule has 37 heavy (non-hydrogen) atoms. The standard InChI is InChI=1S/C29H36N6O2/c1-22(36)34-19-25(20-34)29(37)31-27(24-10-6-3-7-11-24)14-17-33-15-12-26(13-16-33)35-21-30-28(32-35)18-23-8-4-2-5-9-23/h2-11,21,25-27H,12-20H2,1H3,(H,31,37)/t27-/m0/s1. The summed E-state index contributed by atoms with van der Waals surface area (Å²) in [5, 5.41) is 8.03. The number of amides is 2. The van der Waals surface area contributed by atoms with Gasteiger partial charge in [-0.05, 0) is 30.4 Å². The molecule has 1 atom stereocenters. The molecule has 0 bridgehead atoms. The van der Waals surface area contributed by atoms with Gasteiger partial charge in [0.05, 0.1) is 18.0 Å². The van der Waals surface area contributed by atoms with Crippen molar-refractivity contribution in [2.45, 2.75) is 44.7 Å². The van der Waals surface area contributed by atoms with Crippen molar-refractivity contribution < 1.29 is 9.59 Å². The molecule has 2 aliphatic rings. The van der Waals surface area contributed by atoms with Crippen molar-refractivity contribution in [3.8, 4) is 0 Å². The highest BCUT2D eigenvalue weighted by atomic mass is 16.2. The van der Waals surface area contributed by atoms with Crippen molar-refractivity contribution in [1.29, 1.82) is 0 Å². The molecule has 1 aromatic heterocycles. The lowest BCUT2D eigenvalue weighted by molar-refractivity contribution is -0.141. The van der Waals surface area contributed by atoms with Gasteiger partial charge < -0.3 is 15.1 Å². The van der Waals surface area contributed by atoms with Gasteiger partial charge in [-0.1, -0.05) is 60.7 Å². The van der Waals surface area contributed by atoms with E-state index in [0.29, 0.717) is 19.1 Å². The quantitative estimate of drug-likeness (QED) is 0.488. The summed E-state index contributed by atoms with van der Waals surface area (Å²) in [4.78, 5) is 33.1. The Morgan fingerprint density at radius 1 is 1.00 bits per heavy atom. The van der Waals surface area contributed by atoms with E-state index in [0.717, 1.165) is 56.7 Å². The molecule has 0 spiro atoms. The van der Waals surface area contributed by atoms with E-state index >= 15 is 0 Å². The molecular formula is C29H36N6O2. The van der Waals surface area contributed by atoms with Gasteiger partial charge in [0.1, 0.15) is 6.33 Å². The van der Waals surface area contributed by atoms with Gasteiger partial charge in [0.15, 0.2) is 5.82 Å². The molecule has 8 nitrogen and oxygen atoms in total. The number of piperidine rings is 1. The van der Waals surface area contributed by atoms with Gasteiger partial charge in [-0.15, -0.1) is 0 Å². The number of rotatable bonds is 9. The number of nitrogens with zero attached hydrogens (tertiary/aromatic N) is 5. The van der Waals surface area contributed by atoms with Crippen LogP contribution in [-0.4, -0.2) is 69.1 Å². The third kappa shape index (κ3) is 6.43. The second-order valence-electron chi connectivity index (χ2n) is 10.3. The molecule has 8 heteroatoms. The normalized spacial score (nSPS) is 17.8. The van der Waals surface area contributed by atoms with Gasteiger partial charge in [-0.25, -0.2) is 9.67 Å². The molecule has 2 amide bonds. The van der Waals surface area contributed by atoms with Crippen LogP contribution in [0.25, 0.3) is 0 Å². The Bertz CT molecular complexity index is 1170. The minimum Gasteiger partial charge on any atom is -0.349 e. The number of aromatic nitrogens is 3. The molecule has 2 aliphatic heterocycles. The zero-order valence-electron chi connectivity index (χ0n) is 21.5. The van der Waals surface area contributed by atoms with E-state index in [1.54, 1.807) is 11.8 Å². The summed E-state index contributed by atoms with van der Waals surface area (Å²) >= 11 is 0. The van der Waals surface area contributed by atoms with Crippen molar-refractivity contribution in [2.75, 3.05) is 32.7 Å². The smallest absolute Gasteiger partial charge is 0.227 e. The Hall–Kier alpha value is -3.52. The van der Waals surface area contributed by atoms with Gasteiger partial charge in [0.25, 0.3) is 0 Å². The molecule has 0 saturated carbocycles. The molecule has 1 N–H and O–H groups in total. The van der Waals surface area contributed by atoms with E-state index in [-0.39, 0.29) is 23.8 Å². The summed E-state index contributed by atoms with van der Waals surface area (Å²) in [7, 11) is 0. The number of carbonyl (C=O) groups is 2. The molecule has 3 aromatic rings. The molecule has 3 heterocycles. The minimum absolute atomic E-state index is 0.0328. The Balaban J connectivity index is 1.11. The van der Waals surface area contributed by atoms with Crippen molar-refractivity contribution in [3.63, 3.8) is 0 Å². The number of hydrogen-bond acceptors (Lipinski definition) is 5. The van der Waals surface area contributed by atoms with Gasteiger partial charge in [-0.3, -0.25) is 9.59 Å². The lowest BCUT2D eigenvalue weighted by Crippen LogP contribution is -2.55. The fourth-order valence-electron chi connectivity index (χ4n) is 5.26. The highest BCUT2D eigenvalue weighted by Crippen LogP contribution is 2.25. The molecule has 0 radical (unpaired) electrons. The molecule has 0 aliphatic carbocycles. The van der Waals surface area contributed by atoms with Crippen LogP contribution >= 0.6 is 0 Å². The van der Waals surface area contributed by atoms with Gasteiger partial charge in [0.2, 0.25) is 11.8 Å². The largest absolute Gasteiger partial charge is 0.349 e. The predicted octanol–water partition coefficient (Wildman–Crippen LogP) is 3.23. The lowest BCUT2D eigenvalue weighted by Gasteiger charge is -2.38. The summed E-state index contributed by atoms with van der Waals surface area (Å²) < 4.78 is 2.05. The van der Waals surface area contributed by atoms with Gasteiger partial charge in [0, 0.05) is 46.1 Å². The number of benzene rings is 2. The van der Waals surface area contributed by atoms with Crippen LogP contribution in [-0.2, 0) is 16.0 Å². The first-order valence-electron chi connectivity index (χ1n) is 13.3. The lowest BCUT2D eigenvalue weighted by atomic mass is 9.96. The molecule has 2 aromatic carbocycles. The van der Waals surface area contributed by atoms with E-state index in [1.165, 1.54) is 5.56 Å². The first-order valence-corrected chi connectivity index (χ1v) is 13.3. The number of likely N-dealkylation sites (tertiary alicyclic amines) is 2. The molecule has 194 valence electrons. The van der Waals surface area contributed by atoms with Crippen molar-refractivity contribution in [2.24, 2.45) is 5.92 Å². The Labute approximate surface area is 218 Å². The summed E-state index contributed by atoms with van der Waals surface area (Å²) in [5.74, 6) is 0.834. The van der Waals surface area contributed by atoms with Crippen molar-refractivity contribution in [1.82, 2.24) is 29.9 Å². The van der Waals surface area contributed by atoms with Gasteiger partial charge >= 0.3 is 0 Å². The van der Waals surface area contributed by atoms with E-state index in [2.05, 4.69) is 39.5 Å². The molecule has 0 unspecified atom stereocenters. The SMILES string of the molecule is CC(=O)N1CC(C(=O)N[C@@H](CCN2CCC(n3cnc(Cc4ccccc4)n3)CC2)c2ccccc2)C1. The average molecular weight is 501 g/mol. The van der Waals surface area contributed by atoms with Crippen LogP contribution in [0.2, 0.25) is 0 Å². The second-order valence-corrected chi connectivity index (χ2v) is 10.3. The monoisotopic (exact) mass is 500 g/mol. The third-order valence-corrected chi connectivity index (χ3v) is 7.64. The molecule has 2 saturated heterocycles. The zero-order valence-corrected chi connectivity index (χ0v) is 21.5. The van der Waals surface area contributed by atoms with Crippen molar-refractivity contribution in [3.05, 3.63) is 83.9 Å². The Kier molecular flexibility index (Phi) is 7.94. The van der Waals surface area contributed by atoms with E-state index < -0.39 is 0 Å². The van der Waals surface area contributed by atoms with Crippen LogP contribution in [0.1, 0.15) is 55.2 Å².